The molecule has 0 unspecified atom stereocenters. The monoisotopic (exact) mass is 351 g/mol. The summed E-state index contributed by atoms with van der Waals surface area (Å²) >= 11 is 6.21. The molecule has 2 fully saturated rings. The van der Waals surface area contributed by atoms with Gasteiger partial charge in [-0.25, -0.2) is 9.47 Å². The summed E-state index contributed by atoms with van der Waals surface area (Å²) in [6.07, 6.45) is 3.75. The maximum Gasteiger partial charge on any atom is 0.357 e. The minimum Gasteiger partial charge on any atom is -0.461 e. The van der Waals surface area contributed by atoms with Gasteiger partial charge < -0.3 is 16.2 Å². The molecule has 2 aliphatic carbocycles. The number of halogens is 1. The molecule has 3 rings (SSSR count). The summed E-state index contributed by atoms with van der Waals surface area (Å²) in [5, 5.41) is 4.66. The second-order valence-corrected chi connectivity index (χ2v) is 6.75. The van der Waals surface area contributed by atoms with Crippen molar-refractivity contribution in [3.63, 3.8) is 0 Å². The van der Waals surface area contributed by atoms with E-state index in [2.05, 4.69) is 10.1 Å². The third kappa shape index (κ3) is 3.13. The van der Waals surface area contributed by atoms with E-state index in [0.29, 0.717) is 28.3 Å². The number of aliphatic imine (C=N–C) groups is 1. The van der Waals surface area contributed by atoms with E-state index < -0.39 is 11.5 Å². The van der Waals surface area contributed by atoms with Gasteiger partial charge in [-0.15, -0.1) is 0 Å². The van der Waals surface area contributed by atoms with Gasteiger partial charge in [-0.2, -0.15) is 5.10 Å². The maximum atomic E-state index is 12.2. The van der Waals surface area contributed by atoms with Crippen molar-refractivity contribution in [2.45, 2.75) is 45.1 Å². The molecule has 1 aromatic heterocycles. The first kappa shape index (κ1) is 16.8. The van der Waals surface area contributed by atoms with Crippen LogP contribution in [0.1, 0.15) is 48.7 Å². The molecule has 8 heteroatoms. The zero-order chi connectivity index (χ0) is 17.5. The van der Waals surface area contributed by atoms with Crippen molar-refractivity contribution in [3.05, 3.63) is 22.5 Å². The molecular weight excluding hydrogens is 330 g/mol. The first-order valence-electron chi connectivity index (χ1n) is 8.13. The van der Waals surface area contributed by atoms with E-state index in [1.807, 2.05) is 0 Å². The predicted molar refractivity (Wildman–Crippen MR) is 93.5 cm³/mol. The molecule has 2 saturated carbocycles. The molecule has 0 spiro atoms. The molecule has 0 bridgehead atoms. The molecule has 0 aromatic carbocycles. The number of ether oxygens (including phenoxy) is 1. The molecule has 24 heavy (non-hydrogen) atoms. The molecule has 0 radical (unpaired) electrons. The fourth-order valence-electron chi connectivity index (χ4n) is 2.59. The number of esters is 1. The second kappa shape index (κ2) is 6.12. The zero-order valence-electron chi connectivity index (χ0n) is 13.9. The van der Waals surface area contributed by atoms with Crippen LogP contribution in [0.3, 0.4) is 0 Å². The molecule has 0 amide bonds. The molecule has 0 aliphatic heterocycles. The van der Waals surface area contributed by atoms with Crippen LogP contribution in [0.25, 0.3) is 0 Å². The Morgan fingerprint density at radius 1 is 1.46 bits per heavy atom. The number of nitrogens with zero attached hydrogens (tertiary/aromatic N) is 3. The minimum atomic E-state index is -0.555. The Morgan fingerprint density at radius 3 is 2.67 bits per heavy atom. The zero-order valence-corrected chi connectivity index (χ0v) is 14.6. The number of aryl methyl sites for hydroxylation is 1. The van der Waals surface area contributed by atoms with Crippen LogP contribution in [0.5, 0.6) is 0 Å². The number of hydrogen-bond acceptors (Lipinski definition) is 4. The lowest BCUT2D eigenvalue weighted by Crippen LogP contribution is -2.33. The summed E-state index contributed by atoms with van der Waals surface area (Å²) in [5.74, 6) is 0.854. The highest BCUT2D eigenvalue weighted by Crippen LogP contribution is 2.42. The third-order valence-corrected chi connectivity index (χ3v) is 4.61. The molecular formula is C16H22ClN5O2. The average molecular weight is 352 g/mol. The highest BCUT2D eigenvalue weighted by Gasteiger charge is 2.48. The fraction of sp³-hybridized carbons (Fsp3) is 0.562. The summed E-state index contributed by atoms with van der Waals surface area (Å²) in [6.45, 7) is 3.79. The number of rotatable bonds is 6. The number of amidine groups is 2. The maximum absolute atomic E-state index is 12.2. The highest BCUT2D eigenvalue weighted by molar-refractivity contribution is 6.30. The SMILES string of the molecule is CCOC(=O)c1c(C)cc(Cl)n1/N=C(\N)C1(N=C(N)C2CC2)CC1. The Balaban J connectivity index is 1.93. The first-order chi connectivity index (χ1) is 11.4. The Morgan fingerprint density at radius 2 is 2.12 bits per heavy atom. The smallest absolute Gasteiger partial charge is 0.357 e. The summed E-state index contributed by atoms with van der Waals surface area (Å²) in [7, 11) is 0. The van der Waals surface area contributed by atoms with E-state index in [4.69, 9.17) is 27.8 Å². The molecule has 4 N–H and O–H groups in total. The first-order valence-corrected chi connectivity index (χ1v) is 8.51. The number of aromatic nitrogens is 1. The van der Waals surface area contributed by atoms with Crippen LogP contribution in [0, 0.1) is 12.8 Å². The van der Waals surface area contributed by atoms with Crippen LogP contribution in [-0.4, -0.2) is 34.5 Å². The Hall–Kier alpha value is -2.02. The van der Waals surface area contributed by atoms with Gasteiger partial charge in [-0.05, 0) is 51.2 Å². The normalized spacial score (nSPS) is 20.1. The molecule has 2 aliphatic rings. The molecule has 1 heterocycles. The van der Waals surface area contributed by atoms with E-state index >= 15 is 0 Å². The van der Waals surface area contributed by atoms with Gasteiger partial charge in [0.1, 0.15) is 16.5 Å². The minimum absolute atomic E-state index is 0.270. The predicted octanol–water partition coefficient (Wildman–Crippen LogP) is 2.05. The lowest BCUT2D eigenvalue weighted by atomic mass is 10.2. The van der Waals surface area contributed by atoms with Gasteiger partial charge in [0, 0.05) is 5.92 Å². The van der Waals surface area contributed by atoms with Gasteiger partial charge in [0.05, 0.1) is 12.4 Å². The molecule has 0 saturated heterocycles. The van der Waals surface area contributed by atoms with E-state index in [9.17, 15) is 4.79 Å². The van der Waals surface area contributed by atoms with E-state index in [1.54, 1.807) is 19.9 Å². The van der Waals surface area contributed by atoms with Crippen molar-refractivity contribution in [2.24, 2.45) is 27.5 Å². The third-order valence-electron chi connectivity index (χ3n) is 4.34. The van der Waals surface area contributed by atoms with E-state index in [-0.39, 0.29) is 12.3 Å². The molecule has 0 atom stereocenters. The molecule has 1 aromatic rings. The summed E-state index contributed by atoms with van der Waals surface area (Å²) < 4.78 is 6.40. The number of nitrogens with two attached hydrogens (primary N) is 2. The Bertz CT molecular complexity index is 729. The molecule has 130 valence electrons. The van der Waals surface area contributed by atoms with Crippen molar-refractivity contribution in [1.29, 1.82) is 0 Å². The Labute approximate surface area is 145 Å². The van der Waals surface area contributed by atoms with Crippen LogP contribution < -0.4 is 11.5 Å². The van der Waals surface area contributed by atoms with E-state index in [1.165, 1.54) is 4.68 Å². The van der Waals surface area contributed by atoms with Gasteiger partial charge in [-0.1, -0.05) is 11.6 Å². The highest BCUT2D eigenvalue weighted by atomic mass is 35.5. The topological polar surface area (TPSA) is 108 Å². The van der Waals surface area contributed by atoms with Crippen molar-refractivity contribution >= 4 is 29.2 Å². The standard InChI is InChI=1S/C16H22ClN5O2/c1-3-24-14(23)12-9(2)8-11(17)22(12)21-15(19)16(6-7-16)20-13(18)10-4-5-10/h8,10H,3-7H2,1-2H3,(H2,18,20)(H2,19,21). The fourth-order valence-corrected chi connectivity index (χ4v) is 2.87. The van der Waals surface area contributed by atoms with Crippen LogP contribution in [-0.2, 0) is 4.74 Å². The van der Waals surface area contributed by atoms with Gasteiger partial charge >= 0.3 is 5.97 Å². The van der Waals surface area contributed by atoms with Crippen molar-refractivity contribution < 1.29 is 9.53 Å². The van der Waals surface area contributed by atoms with Crippen molar-refractivity contribution in [1.82, 2.24) is 4.68 Å². The second-order valence-electron chi connectivity index (χ2n) is 6.36. The van der Waals surface area contributed by atoms with Crippen LogP contribution in [0.4, 0.5) is 0 Å². The van der Waals surface area contributed by atoms with Gasteiger partial charge in [0.2, 0.25) is 0 Å². The number of hydrogen-bond donors (Lipinski definition) is 2. The summed E-state index contributed by atoms with van der Waals surface area (Å²) in [5.41, 5.74) is 12.6. The lowest BCUT2D eigenvalue weighted by molar-refractivity contribution is 0.0514. The van der Waals surface area contributed by atoms with Crippen LogP contribution >= 0.6 is 11.6 Å². The summed E-state index contributed by atoms with van der Waals surface area (Å²) in [6, 6.07) is 1.66. The molecule has 7 nitrogen and oxygen atoms in total. The van der Waals surface area contributed by atoms with Gasteiger partial charge in [0.25, 0.3) is 0 Å². The van der Waals surface area contributed by atoms with Crippen molar-refractivity contribution in [2.75, 3.05) is 6.61 Å². The van der Waals surface area contributed by atoms with Gasteiger partial charge in [-0.3, -0.25) is 4.99 Å². The van der Waals surface area contributed by atoms with Crippen LogP contribution in [0.2, 0.25) is 5.15 Å². The average Bonchev–Trinajstić information content (AvgIpc) is 3.40. The largest absolute Gasteiger partial charge is 0.461 e. The quantitative estimate of drug-likeness (QED) is 0.464. The lowest BCUT2D eigenvalue weighted by Gasteiger charge is -2.13. The van der Waals surface area contributed by atoms with Crippen LogP contribution in [0.15, 0.2) is 16.2 Å². The van der Waals surface area contributed by atoms with Gasteiger partial charge in [0.15, 0.2) is 5.69 Å². The number of carbonyl (C=O) groups excluding carboxylic acids is 1. The summed E-state index contributed by atoms with van der Waals surface area (Å²) in [4.78, 5) is 16.8. The van der Waals surface area contributed by atoms with E-state index in [0.717, 1.165) is 25.7 Å². The van der Waals surface area contributed by atoms with Crippen molar-refractivity contribution in [3.8, 4) is 0 Å². The number of carbonyl (C=O) groups is 1. The Kier molecular flexibility index (Phi) is 4.29.